The summed E-state index contributed by atoms with van der Waals surface area (Å²) in [5.41, 5.74) is 1.96. The van der Waals surface area contributed by atoms with Gasteiger partial charge in [-0.05, 0) is 18.6 Å². The summed E-state index contributed by atoms with van der Waals surface area (Å²) >= 11 is 0. The van der Waals surface area contributed by atoms with Gasteiger partial charge in [-0.3, -0.25) is 9.78 Å². The lowest BCUT2D eigenvalue weighted by atomic mass is 10.1. The van der Waals surface area contributed by atoms with Crippen LogP contribution in [-0.4, -0.2) is 14.5 Å². The third-order valence-corrected chi connectivity index (χ3v) is 4.15. The Morgan fingerprint density at radius 2 is 1.80 bits per heavy atom. The Morgan fingerprint density at radius 3 is 2.60 bits per heavy atom. The summed E-state index contributed by atoms with van der Waals surface area (Å²) < 4.78 is 1.12. The van der Waals surface area contributed by atoms with E-state index in [2.05, 4.69) is 9.97 Å². The van der Waals surface area contributed by atoms with Crippen molar-refractivity contribution in [3.8, 4) is 16.9 Å². The molecule has 5 heteroatoms. The van der Waals surface area contributed by atoms with E-state index in [0.29, 0.717) is 11.4 Å². The number of nitrogens with zero attached hydrogens (tertiary/aromatic N) is 2. The van der Waals surface area contributed by atoms with Gasteiger partial charge in [-0.15, -0.1) is 0 Å². The lowest BCUT2D eigenvalue weighted by Gasteiger charge is -2.09. The Kier molecular flexibility index (Phi) is 3.54. The minimum absolute atomic E-state index is 0.390. The van der Waals surface area contributed by atoms with Crippen LogP contribution in [0.3, 0.4) is 0 Å². The van der Waals surface area contributed by atoms with Gasteiger partial charge < -0.3 is 4.98 Å². The van der Waals surface area contributed by atoms with Gasteiger partial charge in [0, 0.05) is 23.0 Å². The largest absolute Gasteiger partial charge is 0.333 e. The van der Waals surface area contributed by atoms with Gasteiger partial charge in [-0.25, -0.2) is 9.36 Å². The normalized spacial score (nSPS) is 10.9. The van der Waals surface area contributed by atoms with E-state index in [1.54, 1.807) is 6.20 Å². The summed E-state index contributed by atoms with van der Waals surface area (Å²) in [6.45, 7) is 1.96. The van der Waals surface area contributed by atoms with E-state index < -0.39 is 11.2 Å². The number of hydrogen-bond acceptors (Lipinski definition) is 3. The van der Waals surface area contributed by atoms with Gasteiger partial charge in [-0.2, -0.15) is 0 Å². The second-order valence-corrected chi connectivity index (χ2v) is 5.91. The highest BCUT2D eigenvalue weighted by Gasteiger charge is 2.11. The van der Waals surface area contributed by atoms with Gasteiger partial charge in [-0.1, -0.05) is 48.0 Å². The van der Waals surface area contributed by atoms with Crippen molar-refractivity contribution in [1.29, 1.82) is 0 Å². The molecule has 0 radical (unpaired) electrons. The van der Waals surface area contributed by atoms with Gasteiger partial charge in [0.15, 0.2) is 0 Å². The Bertz CT molecular complexity index is 1170. The van der Waals surface area contributed by atoms with Crippen molar-refractivity contribution in [2.24, 2.45) is 0 Å². The van der Waals surface area contributed by atoms with Crippen molar-refractivity contribution in [2.75, 3.05) is 0 Å². The number of H-pyrrole nitrogens is 1. The number of hydrogen-bond donors (Lipinski definition) is 1. The maximum atomic E-state index is 12.7. The van der Waals surface area contributed by atoms with Crippen LogP contribution in [0.5, 0.6) is 0 Å². The highest BCUT2D eigenvalue weighted by molar-refractivity contribution is 5.89. The number of rotatable bonds is 2. The highest BCUT2D eigenvalue weighted by atomic mass is 16.2. The SMILES string of the molecule is Cc1cccc(-c2cc(=O)n(-c3cncc4ccccc34)c(=O)[nH]2)c1. The lowest BCUT2D eigenvalue weighted by molar-refractivity contribution is 0.880. The smallest absolute Gasteiger partial charge is 0.306 e. The van der Waals surface area contributed by atoms with Crippen molar-refractivity contribution in [1.82, 2.24) is 14.5 Å². The molecule has 2 aromatic heterocycles. The summed E-state index contributed by atoms with van der Waals surface area (Å²) in [6, 6.07) is 16.6. The molecule has 1 N–H and O–H groups in total. The third kappa shape index (κ3) is 2.65. The van der Waals surface area contributed by atoms with Crippen LogP contribution in [0.25, 0.3) is 27.7 Å². The minimum atomic E-state index is -0.484. The maximum absolute atomic E-state index is 12.7. The van der Waals surface area contributed by atoms with Crippen LogP contribution in [0.15, 0.2) is 76.6 Å². The van der Waals surface area contributed by atoms with Gasteiger partial charge >= 0.3 is 5.69 Å². The number of benzene rings is 2. The fourth-order valence-corrected chi connectivity index (χ4v) is 2.97. The number of aromatic nitrogens is 3. The molecule has 0 saturated carbocycles. The number of aromatic amines is 1. The molecule has 0 aliphatic rings. The lowest BCUT2D eigenvalue weighted by Crippen LogP contribution is -2.33. The van der Waals surface area contributed by atoms with Crippen LogP contribution in [0, 0.1) is 6.92 Å². The van der Waals surface area contributed by atoms with Gasteiger partial charge in [0.25, 0.3) is 5.56 Å². The summed E-state index contributed by atoms with van der Waals surface area (Å²) in [4.78, 5) is 32.3. The molecule has 4 aromatic rings. The average Bonchev–Trinajstić information content (AvgIpc) is 2.61. The van der Waals surface area contributed by atoms with E-state index in [1.807, 2.05) is 55.5 Å². The summed E-state index contributed by atoms with van der Waals surface area (Å²) in [5, 5.41) is 1.67. The zero-order valence-corrected chi connectivity index (χ0v) is 13.6. The molecule has 122 valence electrons. The molecule has 2 heterocycles. The molecule has 0 amide bonds. The molecule has 4 rings (SSSR count). The fourth-order valence-electron chi connectivity index (χ4n) is 2.97. The van der Waals surface area contributed by atoms with E-state index in [-0.39, 0.29) is 0 Å². The van der Waals surface area contributed by atoms with Gasteiger partial charge in [0.1, 0.15) is 0 Å². The molecule has 0 bridgehead atoms. The molecule has 5 nitrogen and oxygen atoms in total. The van der Waals surface area contributed by atoms with Crippen LogP contribution in [-0.2, 0) is 0 Å². The van der Waals surface area contributed by atoms with E-state index in [0.717, 1.165) is 26.5 Å². The molecule has 0 fully saturated rings. The Balaban J connectivity index is 1.95. The van der Waals surface area contributed by atoms with E-state index in [4.69, 9.17) is 0 Å². The second kappa shape index (κ2) is 5.87. The molecule has 0 aliphatic carbocycles. The third-order valence-electron chi connectivity index (χ3n) is 4.15. The number of pyridine rings is 1. The standard InChI is InChI=1S/C20H15N3O2/c1-13-5-4-7-14(9-13)17-10-19(24)23(20(25)22-17)18-12-21-11-15-6-2-3-8-16(15)18/h2-12H,1H3,(H,22,25). The van der Waals surface area contributed by atoms with Crippen LogP contribution in [0.4, 0.5) is 0 Å². The van der Waals surface area contributed by atoms with Crippen LogP contribution in [0.1, 0.15) is 5.56 Å². The van der Waals surface area contributed by atoms with E-state index >= 15 is 0 Å². The zero-order valence-electron chi connectivity index (χ0n) is 13.6. The predicted octanol–water partition coefficient (Wildman–Crippen LogP) is 3.05. The van der Waals surface area contributed by atoms with Gasteiger partial charge in [0.05, 0.1) is 17.6 Å². The molecular formula is C20H15N3O2. The van der Waals surface area contributed by atoms with Crippen molar-refractivity contribution >= 4 is 10.8 Å². The van der Waals surface area contributed by atoms with Crippen LogP contribution >= 0.6 is 0 Å². The first-order chi connectivity index (χ1) is 12.1. The summed E-state index contributed by atoms with van der Waals surface area (Å²) in [6.07, 6.45) is 3.24. The molecular weight excluding hydrogens is 314 g/mol. The molecule has 0 spiro atoms. The Morgan fingerprint density at radius 1 is 0.960 bits per heavy atom. The fraction of sp³-hybridized carbons (Fsp3) is 0.0500. The number of nitrogens with one attached hydrogen (secondary N) is 1. The maximum Gasteiger partial charge on any atom is 0.333 e. The summed E-state index contributed by atoms with van der Waals surface area (Å²) in [7, 11) is 0. The average molecular weight is 329 g/mol. The molecule has 0 aliphatic heterocycles. The zero-order chi connectivity index (χ0) is 17.4. The molecule has 25 heavy (non-hydrogen) atoms. The minimum Gasteiger partial charge on any atom is -0.306 e. The first kappa shape index (κ1) is 15.1. The predicted molar refractivity (Wildman–Crippen MR) is 98.1 cm³/mol. The molecule has 2 aromatic carbocycles. The van der Waals surface area contributed by atoms with Crippen LogP contribution < -0.4 is 11.2 Å². The first-order valence-corrected chi connectivity index (χ1v) is 7.90. The Labute approximate surface area is 143 Å². The van der Waals surface area contributed by atoms with Crippen LogP contribution in [0.2, 0.25) is 0 Å². The molecule has 0 unspecified atom stereocenters. The quantitative estimate of drug-likeness (QED) is 0.614. The van der Waals surface area contributed by atoms with Crippen molar-refractivity contribution in [2.45, 2.75) is 6.92 Å². The highest BCUT2D eigenvalue weighted by Crippen LogP contribution is 2.19. The molecule has 0 saturated heterocycles. The van der Waals surface area contributed by atoms with E-state index in [1.165, 1.54) is 12.3 Å². The number of fused-ring (bicyclic) bond motifs is 1. The second-order valence-electron chi connectivity index (χ2n) is 5.91. The van der Waals surface area contributed by atoms with Gasteiger partial charge in [0.2, 0.25) is 0 Å². The van der Waals surface area contributed by atoms with Crippen molar-refractivity contribution in [3.63, 3.8) is 0 Å². The van der Waals surface area contributed by atoms with Crippen molar-refractivity contribution in [3.05, 3.63) is 93.4 Å². The molecule has 0 atom stereocenters. The summed E-state index contributed by atoms with van der Waals surface area (Å²) in [5.74, 6) is 0. The van der Waals surface area contributed by atoms with Crippen molar-refractivity contribution < 1.29 is 0 Å². The first-order valence-electron chi connectivity index (χ1n) is 7.90. The monoisotopic (exact) mass is 329 g/mol. The topological polar surface area (TPSA) is 67.8 Å². The number of aryl methyl sites for hydroxylation is 1. The van der Waals surface area contributed by atoms with E-state index in [9.17, 15) is 9.59 Å². The Hall–Kier alpha value is -3.47.